The van der Waals surface area contributed by atoms with Gasteiger partial charge in [-0.25, -0.2) is 4.39 Å². The van der Waals surface area contributed by atoms with Crippen LogP contribution in [0.3, 0.4) is 0 Å². The molecule has 0 bridgehead atoms. The Morgan fingerprint density at radius 1 is 1.14 bits per heavy atom. The zero-order valence-corrected chi connectivity index (χ0v) is 13.6. The minimum absolute atomic E-state index is 0.0955. The molecule has 0 unspecified atom stereocenters. The van der Waals surface area contributed by atoms with Crippen LogP contribution in [0.15, 0.2) is 34.8 Å². The highest BCUT2D eigenvalue weighted by Gasteiger charge is 2.19. The third-order valence-electron chi connectivity index (χ3n) is 2.90. The average molecular weight is 374 g/mol. The van der Waals surface area contributed by atoms with E-state index < -0.39 is 11.6 Å². The summed E-state index contributed by atoms with van der Waals surface area (Å²) in [7, 11) is 2.82. The summed E-state index contributed by atoms with van der Waals surface area (Å²) in [6.07, 6.45) is 0. The Labute approximate surface area is 134 Å². The van der Waals surface area contributed by atoms with Crippen molar-refractivity contribution in [2.24, 2.45) is 0 Å². The second-order valence-corrected chi connectivity index (χ2v) is 5.41. The van der Waals surface area contributed by atoms with Crippen LogP contribution in [-0.4, -0.2) is 20.0 Å². The van der Waals surface area contributed by atoms with E-state index in [1.165, 1.54) is 26.4 Å². The van der Waals surface area contributed by atoms with Gasteiger partial charge in [0, 0.05) is 16.1 Å². The van der Waals surface area contributed by atoms with E-state index in [9.17, 15) is 9.18 Å². The number of ether oxygens (including phenoxy) is 2. The average Bonchev–Trinajstić information content (AvgIpc) is 2.49. The van der Waals surface area contributed by atoms with Crippen molar-refractivity contribution in [2.75, 3.05) is 14.2 Å². The van der Waals surface area contributed by atoms with Crippen LogP contribution in [0, 0.1) is 5.82 Å². The van der Waals surface area contributed by atoms with E-state index in [0.717, 1.165) is 6.07 Å². The fourth-order valence-electron chi connectivity index (χ4n) is 1.82. The summed E-state index contributed by atoms with van der Waals surface area (Å²) in [5, 5.41) is 0.472. The SMILES string of the molecule is COc1cc(F)c(C(=O)c2ccc(Cl)c(Br)c2)cc1OC. The fraction of sp³-hybridized carbons (Fsp3) is 0.133. The quantitative estimate of drug-likeness (QED) is 0.741. The first kappa shape index (κ1) is 15.8. The van der Waals surface area contributed by atoms with Crippen LogP contribution >= 0.6 is 27.5 Å². The summed E-state index contributed by atoms with van der Waals surface area (Å²) in [5.41, 5.74) is 0.222. The predicted molar refractivity (Wildman–Crippen MR) is 82.1 cm³/mol. The Morgan fingerprint density at radius 3 is 2.33 bits per heavy atom. The monoisotopic (exact) mass is 372 g/mol. The maximum absolute atomic E-state index is 14.1. The lowest BCUT2D eigenvalue weighted by Crippen LogP contribution is -2.06. The van der Waals surface area contributed by atoms with E-state index in [1.807, 2.05) is 0 Å². The third-order valence-corrected chi connectivity index (χ3v) is 4.11. The molecule has 0 spiro atoms. The number of hydrogen-bond acceptors (Lipinski definition) is 3. The Kier molecular flexibility index (Phi) is 4.85. The van der Waals surface area contributed by atoms with Crippen molar-refractivity contribution in [1.29, 1.82) is 0 Å². The van der Waals surface area contributed by atoms with Crippen LogP contribution < -0.4 is 9.47 Å². The zero-order valence-electron chi connectivity index (χ0n) is 11.2. The predicted octanol–water partition coefficient (Wildman–Crippen LogP) is 4.49. The highest BCUT2D eigenvalue weighted by atomic mass is 79.9. The van der Waals surface area contributed by atoms with Crippen molar-refractivity contribution in [3.63, 3.8) is 0 Å². The Morgan fingerprint density at radius 2 is 1.76 bits per heavy atom. The molecule has 3 nitrogen and oxygen atoms in total. The van der Waals surface area contributed by atoms with Crippen LogP contribution in [0.1, 0.15) is 15.9 Å². The molecule has 0 radical (unpaired) electrons. The molecule has 0 aromatic heterocycles. The second-order valence-electron chi connectivity index (χ2n) is 4.15. The minimum atomic E-state index is -0.677. The van der Waals surface area contributed by atoms with Gasteiger partial charge in [-0.2, -0.15) is 0 Å². The van der Waals surface area contributed by atoms with Gasteiger partial charge in [0.05, 0.1) is 24.8 Å². The standard InChI is InChI=1S/C15H11BrClFO3/c1-20-13-6-9(12(18)7-14(13)21-2)15(19)8-3-4-11(17)10(16)5-8/h3-7H,1-2H3. The Bertz CT molecular complexity index is 704. The molecule has 21 heavy (non-hydrogen) atoms. The molecule has 6 heteroatoms. The van der Waals surface area contributed by atoms with Crippen molar-refractivity contribution in [3.8, 4) is 11.5 Å². The number of methoxy groups -OCH3 is 2. The summed E-state index contributed by atoms with van der Waals surface area (Å²) in [6, 6.07) is 7.08. The summed E-state index contributed by atoms with van der Waals surface area (Å²) in [4.78, 5) is 12.4. The first-order chi connectivity index (χ1) is 9.97. The highest BCUT2D eigenvalue weighted by molar-refractivity contribution is 9.10. The van der Waals surface area contributed by atoms with Crippen LogP contribution in [0.5, 0.6) is 11.5 Å². The number of rotatable bonds is 4. The van der Waals surface area contributed by atoms with Crippen LogP contribution in [0.4, 0.5) is 4.39 Å². The van der Waals surface area contributed by atoms with Crippen LogP contribution in [0.2, 0.25) is 5.02 Å². The van der Waals surface area contributed by atoms with Crippen molar-refractivity contribution >= 4 is 33.3 Å². The molecule has 0 aliphatic rings. The molecule has 0 atom stereocenters. The number of ketones is 1. The molecule has 0 amide bonds. The van der Waals surface area contributed by atoms with Gasteiger partial charge in [0.2, 0.25) is 0 Å². The molecule has 2 rings (SSSR count). The molecule has 110 valence electrons. The number of carbonyl (C=O) groups excluding carboxylic acids is 1. The molecule has 0 N–H and O–H groups in total. The number of carbonyl (C=O) groups is 1. The summed E-state index contributed by atoms with van der Waals surface area (Å²) in [5.74, 6) is -0.631. The van der Waals surface area contributed by atoms with Gasteiger partial charge in [0.1, 0.15) is 5.82 Å². The fourth-order valence-corrected chi connectivity index (χ4v) is 2.32. The lowest BCUT2D eigenvalue weighted by molar-refractivity contribution is 0.103. The summed E-state index contributed by atoms with van der Waals surface area (Å²) in [6.45, 7) is 0. The first-order valence-corrected chi connectivity index (χ1v) is 7.06. The molecular weight excluding hydrogens is 363 g/mol. The lowest BCUT2D eigenvalue weighted by Gasteiger charge is -2.10. The van der Waals surface area contributed by atoms with Crippen molar-refractivity contribution in [3.05, 3.63) is 56.8 Å². The normalized spacial score (nSPS) is 10.3. The molecule has 0 fully saturated rings. The van der Waals surface area contributed by atoms with Gasteiger partial charge in [-0.15, -0.1) is 0 Å². The third kappa shape index (κ3) is 3.19. The van der Waals surface area contributed by atoms with Crippen molar-refractivity contribution < 1.29 is 18.7 Å². The minimum Gasteiger partial charge on any atom is -0.493 e. The maximum Gasteiger partial charge on any atom is 0.196 e. The topological polar surface area (TPSA) is 35.5 Å². The number of hydrogen-bond donors (Lipinski definition) is 0. The van der Waals surface area contributed by atoms with Crippen molar-refractivity contribution in [1.82, 2.24) is 0 Å². The molecule has 0 heterocycles. The molecular formula is C15H11BrClFO3. The van der Waals surface area contributed by atoms with Gasteiger partial charge in [0.25, 0.3) is 0 Å². The van der Waals surface area contributed by atoms with Crippen molar-refractivity contribution in [2.45, 2.75) is 0 Å². The van der Waals surface area contributed by atoms with E-state index in [0.29, 0.717) is 15.1 Å². The van der Waals surface area contributed by atoms with Gasteiger partial charge < -0.3 is 9.47 Å². The zero-order chi connectivity index (χ0) is 15.6. The van der Waals surface area contributed by atoms with Gasteiger partial charge >= 0.3 is 0 Å². The Hall–Kier alpha value is -1.59. The molecule has 0 saturated carbocycles. The van der Waals surface area contributed by atoms with E-state index >= 15 is 0 Å². The van der Waals surface area contributed by atoms with E-state index in [2.05, 4.69) is 15.9 Å². The maximum atomic E-state index is 14.1. The molecule has 2 aromatic carbocycles. The Balaban J connectivity index is 2.50. The first-order valence-electron chi connectivity index (χ1n) is 5.89. The van der Waals surface area contributed by atoms with Gasteiger partial charge in [-0.05, 0) is 40.2 Å². The largest absolute Gasteiger partial charge is 0.493 e. The van der Waals surface area contributed by atoms with E-state index in [-0.39, 0.29) is 17.1 Å². The lowest BCUT2D eigenvalue weighted by atomic mass is 10.0. The van der Waals surface area contributed by atoms with Crippen LogP contribution in [0.25, 0.3) is 0 Å². The van der Waals surface area contributed by atoms with Gasteiger partial charge in [0.15, 0.2) is 17.3 Å². The molecule has 0 aliphatic heterocycles. The van der Waals surface area contributed by atoms with Gasteiger partial charge in [-0.3, -0.25) is 4.79 Å². The second kappa shape index (κ2) is 6.45. The molecule has 2 aromatic rings. The number of benzene rings is 2. The highest BCUT2D eigenvalue weighted by Crippen LogP contribution is 2.31. The summed E-state index contributed by atoms with van der Waals surface area (Å²) < 4.78 is 24.7. The number of halogens is 3. The van der Waals surface area contributed by atoms with E-state index in [4.69, 9.17) is 21.1 Å². The smallest absolute Gasteiger partial charge is 0.196 e. The summed E-state index contributed by atoms with van der Waals surface area (Å²) >= 11 is 9.11. The van der Waals surface area contributed by atoms with Crippen LogP contribution in [-0.2, 0) is 0 Å². The molecule has 0 aliphatic carbocycles. The van der Waals surface area contributed by atoms with Gasteiger partial charge in [-0.1, -0.05) is 11.6 Å². The van der Waals surface area contributed by atoms with E-state index in [1.54, 1.807) is 12.1 Å². The molecule has 0 saturated heterocycles.